The van der Waals surface area contributed by atoms with Crippen LogP contribution in [-0.4, -0.2) is 31.1 Å². The molecule has 0 radical (unpaired) electrons. The van der Waals surface area contributed by atoms with E-state index < -0.39 is 0 Å². The third-order valence-electron chi connectivity index (χ3n) is 4.28. The van der Waals surface area contributed by atoms with Gasteiger partial charge >= 0.3 is 0 Å². The molecule has 1 N–H and O–H groups in total. The fraction of sp³-hybridized carbons (Fsp3) is 0.667. The molecule has 2 rings (SSSR count). The van der Waals surface area contributed by atoms with Gasteiger partial charge in [-0.05, 0) is 64.9 Å². The summed E-state index contributed by atoms with van der Waals surface area (Å²) in [6, 6.07) is 7.45. The fourth-order valence-corrected chi connectivity index (χ4v) is 3.34. The summed E-state index contributed by atoms with van der Waals surface area (Å²) in [4.78, 5) is 2.64. The topological polar surface area (TPSA) is 15.3 Å². The lowest BCUT2D eigenvalue weighted by Crippen LogP contribution is -2.33. The van der Waals surface area contributed by atoms with Crippen molar-refractivity contribution in [3.8, 4) is 0 Å². The lowest BCUT2D eigenvalue weighted by molar-refractivity contribution is 0.217. The zero-order valence-electron chi connectivity index (χ0n) is 13.4. The molecule has 1 aromatic rings. The van der Waals surface area contributed by atoms with E-state index in [-0.39, 0.29) is 0 Å². The fourth-order valence-electron chi connectivity index (χ4n) is 3.34. The average molecular weight is 274 g/mol. The van der Waals surface area contributed by atoms with E-state index in [9.17, 15) is 0 Å². The van der Waals surface area contributed by atoms with Crippen LogP contribution in [0.5, 0.6) is 0 Å². The minimum atomic E-state index is 0.500. The van der Waals surface area contributed by atoms with Crippen LogP contribution in [0.2, 0.25) is 0 Å². The Kier molecular flexibility index (Phi) is 6.06. The van der Waals surface area contributed by atoms with E-state index >= 15 is 0 Å². The van der Waals surface area contributed by atoms with Gasteiger partial charge in [-0.2, -0.15) is 0 Å². The molecule has 0 amide bonds. The molecule has 112 valence electrons. The number of hydrogen-bond donors (Lipinski definition) is 1. The first-order valence-corrected chi connectivity index (χ1v) is 8.23. The summed E-state index contributed by atoms with van der Waals surface area (Å²) in [6.45, 7) is 11.5. The van der Waals surface area contributed by atoms with Gasteiger partial charge in [-0.25, -0.2) is 0 Å². The molecule has 0 bridgehead atoms. The smallest absolute Gasteiger partial charge is 0.0332 e. The predicted octanol–water partition coefficient (Wildman–Crippen LogP) is 3.83. The monoisotopic (exact) mass is 274 g/mol. The van der Waals surface area contributed by atoms with E-state index in [0.717, 1.165) is 6.54 Å². The van der Waals surface area contributed by atoms with Gasteiger partial charge in [0.1, 0.15) is 0 Å². The standard InChI is InChI=1S/C18H30N2/c1-4-19-18(8-11-20-9-6-5-7-10-20)17-13-15(2)12-16(3)14-17/h12-14,18-19H,4-11H2,1-3H3. The second-order valence-corrected chi connectivity index (χ2v) is 6.22. The normalized spacial score (nSPS) is 18.1. The maximum absolute atomic E-state index is 3.67. The second-order valence-electron chi connectivity index (χ2n) is 6.22. The third kappa shape index (κ3) is 4.60. The van der Waals surface area contributed by atoms with Crippen molar-refractivity contribution in [1.29, 1.82) is 0 Å². The molecule has 1 unspecified atom stereocenters. The van der Waals surface area contributed by atoms with Crippen molar-refractivity contribution < 1.29 is 0 Å². The lowest BCUT2D eigenvalue weighted by atomic mass is 9.98. The van der Waals surface area contributed by atoms with Gasteiger partial charge in [0.15, 0.2) is 0 Å². The Morgan fingerprint density at radius 1 is 1.05 bits per heavy atom. The maximum atomic E-state index is 3.67. The highest BCUT2D eigenvalue weighted by molar-refractivity contribution is 5.30. The van der Waals surface area contributed by atoms with E-state index in [1.165, 1.54) is 62.0 Å². The van der Waals surface area contributed by atoms with Crippen LogP contribution < -0.4 is 5.32 Å². The van der Waals surface area contributed by atoms with Crippen molar-refractivity contribution in [2.75, 3.05) is 26.2 Å². The van der Waals surface area contributed by atoms with E-state index in [1.807, 2.05) is 0 Å². The van der Waals surface area contributed by atoms with Crippen LogP contribution >= 0.6 is 0 Å². The number of nitrogens with zero attached hydrogens (tertiary/aromatic N) is 1. The minimum absolute atomic E-state index is 0.500. The largest absolute Gasteiger partial charge is 0.310 e. The number of piperidine rings is 1. The number of likely N-dealkylation sites (tertiary alicyclic amines) is 1. The van der Waals surface area contributed by atoms with Crippen LogP contribution in [0, 0.1) is 13.8 Å². The Morgan fingerprint density at radius 2 is 1.70 bits per heavy atom. The molecule has 2 heteroatoms. The summed E-state index contributed by atoms with van der Waals surface area (Å²) < 4.78 is 0. The SMILES string of the molecule is CCNC(CCN1CCCCC1)c1cc(C)cc(C)c1. The van der Waals surface area contributed by atoms with Crippen molar-refractivity contribution in [2.45, 2.75) is 52.5 Å². The summed E-state index contributed by atoms with van der Waals surface area (Å²) in [5, 5.41) is 3.67. The molecule has 0 aliphatic carbocycles. The third-order valence-corrected chi connectivity index (χ3v) is 4.28. The van der Waals surface area contributed by atoms with Crippen LogP contribution in [-0.2, 0) is 0 Å². The van der Waals surface area contributed by atoms with E-state index in [1.54, 1.807) is 0 Å². The second kappa shape index (κ2) is 7.80. The van der Waals surface area contributed by atoms with Crippen LogP contribution in [0.3, 0.4) is 0 Å². The average Bonchev–Trinajstić information content (AvgIpc) is 2.43. The zero-order valence-corrected chi connectivity index (χ0v) is 13.4. The molecule has 1 aliphatic rings. The molecule has 1 atom stereocenters. The van der Waals surface area contributed by atoms with E-state index in [2.05, 4.69) is 49.2 Å². The van der Waals surface area contributed by atoms with Crippen molar-refractivity contribution >= 4 is 0 Å². The molecule has 2 nitrogen and oxygen atoms in total. The molecule has 0 saturated carbocycles. The molecular weight excluding hydrogens is 244 g/mol. The Labute approximate surface area is 124 Å². The van der Waals surface area contributed by atoms with Gasteiger partial charge in [0.25, 0.3) is 0 Å². The van der Waals surface area contributed by atoms with Crippen LogP contribution in [0.4, 0.5) is 0 Å². The quantitative estimate of drug-likeness (QED) is 0.848. The van der Waals surface area contributed by atoms with Gasteiger partial charge < -0.3 is 10.2 Å². The Balaban J connectivity index is 1.98. The van der Waals surface area contributed by atoms with Crippen molar-refractivity contribution in [3.63, 3.8) is 0 Å². The molecule has 1 aliphatic heterocycles. The van der Waals surface area contributed by atoms with Gasteiger partial charge in [0.05, 0.1) is 0 Å². The Bertz CT molecular complexity index is 388. The first kappa shape index (κ1) is 15.5. The highest BCUT2D eigenvalue weighted by Crippen LogP contribution is 2.21. The van der Waals surface area contributed by atoms with Gasteiger partial charge in [-0.15, -0.1) is 0 Å². The molecule has 0 spiro atoms. The minimum Gasteiger partial charge on any atom is -0.310 e. The first-order chi connectivity index (χ1) is 9.69. The molecule has 1 aromatic carbocycles. The number of benzene rings is 1. The molecule has 1 heterocycles. The summed E-state index contributed by atoms with van der Waals surface area (Å²) in [6.07, 6.45) is 5.41. The predicted molar refractivity (Wildman–Crippen MR) is 87.2 cm³/mol. The summed E-state index contributed by atoms with van der Waals surface area (Å²) in [7, 11) is 0. The molecule has 20 heavy (non-hydrogen) atoms. The van der Waals surface area contributed by atoms with Crippen LogP contribution in [0.15, 0.2) is 18.2 Å². The van der Waals surface area contributed by atoms with E-state index in [0.29, 0.717) is 6.04 Å². The van der Waals surface area contributed by atoms with Crippen LogP contribution in [0.1, 0.15) is 55.3 Å². The summed E-state index contributed by atoms with van der Waals surface area (Å²) >= 11 is 0. The van der Waals surface area contributed by atoms with Gasteiger partial charge in [-0.1, -0.05) is 42.7 Å². The number of hydrogen-bond acceptors (Lipinski definition) is 2. The Hall–Kier alpha value is -0.860. The number of nitrogens with one attached hydrogen (secondary N) is 1. The van der Waals surface area contributed by atoms with Gasteiger partial charge in [0.2, 0.25) is 0 Å². The molecular formula is C18H30N2. The van der Waals surface area contributed by atoms with Crippen molar-refractivity contribution in [2.24, 2.45) is 0 Å². The van der Waals surface area contributed by atoms with Gasteiger partial charge in [0, 0.05) is 6.04 Å². The number of aryl methyl sites for hydroxylation is 2. The van der Waals surface area contributed by atoms with Crippen molar-refractivity contribution in [1.82, 2.24) is 10.2 Å². The molecule has 0 aromatic heterocycles. The highest BCUT2D eigenvalue weighted by atomic mass is 15.1. The van der Waals surface area contributed by atoms with E-state index in [4.69, 9.17) is 0 Å². The summed E-state index contributed by atoms with van der Waals surface area (Å²) in [5.41, 5.74) is 4.21. The zero-order chi connectivity index (χ0) is 14.4. The summed E-state index contributed by atoms with van der Waals surface area (Å²) in [5.74, 6) is 0. The lowest BCUT2D eigenvalue weighted by Gasteiger charge is -2.29. The highest BCUT2D eigenvalue weighted by Gasteiger charge is 2.15. The Morgan fingerprint density at radius 3 is 2.30 bits per heavy atom. The van der Waals surface area contributed by atoms with Crippen molar-refractivity contribution in [3.05, 3.63) is 34.9 Å². The molecule has 1 fully saturated rings. The molecule has 1 saturated heterocycles. The number of rotatable bonds is 6. The van der Waals surface area contributed by atoms with Crippen LogP contribution in [0.25, 0.3) is 0 Å². The van der Waals surface area contributed by atoms with Gasteiger partial charge in [-0.3, -0.25) is 0 Å². The maximum Gasteiger partial charge on any atom is 0.0332 e. The first-order valence-electron chi connectivity index (χ1n) is 8.23.